The Balaban J connectivity index is 1.69. The molecule has 3 aromatic rings. The Labute approximate surface area is 175 Å². The molecule has 0 spiro atoms. The topological polar surface area (TPSA) is 77.2 Å². The summed E-state index contributed by atoms with van der Waals surface area (Å²) < 4.78 is 30.7. The summed E-state index contributed by atoms with van der Waals surface area (Å²) in [7, 11) is -3.68. The molecular formula is C22H22ClNO4S. The molecule has 0 bridgehead atoms. The minimum Gasteiger partial charge on any atom is -0.441 e. The predicted molar refractivity (Wildman–Crippen MR) is 114 cm³/mol. The molecule has 0 aliphatic heterocycles. The number of rotatable bonds is 7. The van der Waals surface area contributed by atoms with Gasteiger partial charge in [-0.15, -0.1) is 0 Å². The molecule has 1 aromatic heterocycles. The van der Waals surface area contributed by atoms with Gasteiger partial charge in [0.05, 0.1) is 11.4 Å². The molecule has 5 nitrogen and oxygen atoms in total. The van der Waals surface area contributed by atoms with Crippen molar-refractivity contribution in [3.8, 4) is 11.5 Å². The Morgan fingerprint density at radius 1 is 1.07 bits per heavy atom. The highest BCUT2D eigenvalue weighted by atomic mass is 35.5. The van der Waals surface area contributed by atoms with Crippen LogP contribution in [-0.4, -0.2) is 24.9 Å². The minimum absolute atomic E-state index is 0.0195. The lowest BCUT2D eigenvalue weighted by Gasteiger charge is -2.05. The number of hydrogen-bond donors (Lipinski definition) is 0. The zero-order valence-electron chi connectivity index (χ0n) is 16.5. The average molecular weight is 432 g/mol. The molecule has 0 aliphatic carbocycles. The van der Waals surface area contributed by atoms with Gasteiger partial charge in [0.25, 0.3) is 0 Å². The van der Waals surface area contributed by atoms with Gasteiger partial charge >= 0.3 is 0 Å². The van der Waals surface area contributed by atoms with Crippen molar-refractivity contribution in [3.63, 3.8) is 0 Å². The van der Waals surface area contributed by atoms with Crippen LogP contribution in [-0.2, 0) is 26.8 Å². The number of oxazole rings is 1. The lowest BCUT2D eigenvalue weighted by Crippen LogP contribution is -2.20. The third-order valence-electron chi connectivity index (χ3n) is 4.57. The number of benzene rings is 2. The summed E-state index contributed by atoms with van der Waals surface area (Å²) in [4.78, 5) is 16.6. The fraction of sp³-hybridized carbons (Fsp3) is 0.273. The molecule has 0 aliphatic rings. The summed E-state index contributed by atoms with van der Waals surface area (Å²) in [5, 5.41) is 0.556. The average Bonchev–Trinajstić information content (AvgIpc) is 2.98. The monoisotopic (exact) mass is 431 g/mol. The van der Waals surface area contributed by atoms with Gasteiger partial charge in [0, 0.05) is 17.0 Å². The first-order valence-electron chi connectivity index (χ1n) is 9.13. The van der Waals surface area contributed by atoms with E-state index in [1.54, 1.807) is 19.1 Å². The number of nitrogens with zero attached hydrogens (tertiary/aromatic N) is 1. The number of Topliss-reactive ketones (excluding diaryl/α,β-unsaturated/α-hetero) is 1. The van der Waals surface area contributed by atoms with Gasteiger partial charge in [-0.05, 0) is 50.1 Å². The fourth-order valence-electron chi connectivity index (χ4n) is 2.91. The van der Waals surface area contributed by atoms with Crippen LogP contribution in [0, 0.1) is 20.8 Å². The van der Waals surface area contributed by atoms with Crippen molar-refractivity contribution < 1.29 is 17.6 Å². The van der Waals surface area contributed by atoms with E-state index in [9.17, 15) is 13.2 Å². The van der Waals surface area contributed by atoms with Crippen LogP contribution < -0.4 is 0 Å². The number of aryl methyl sites for hydroxylation is 3. The van der Waals surface area contributed by atoms with Gasteiger partial charge in [-0.2, -0.15) is 0 Å². The maximum Gasteiger partial charge on any atom is 0.226 e. The zero-order chi connectivity index (χ0) is 21.2. The SMILES string of the molecule is Cc1ccc(-c2nc(CS(=O)(=O)CC(=O)Cc3ccc(C)c(Cl)c3)c(C)o2)cc1. The van der Waals surface area contributed by atoms with E-state index < -0.39 is 15.6 Å². The van der Waals surface area contributed by atoms with E-state index >= 15 is 0 Å². The fourth-order valence-corrected chi connectivity index (χ4v) is 4.49. The lowest BCUT2D eigenvalue weighted by molar-refractivity contribution is -0.116. The van der Waals surface area contributed by atoms with E-state index in [4.69, 9.17) is 16.0 Å². The third-order valence-corrected chi connectivity index (χ3v) is 6.45. The van der Waals surface area contributed by atoms with Crippen molar-refractivity contribution in [3.05, 3.63) is 75.6 Å². The Morgan fingerprint density at radius 3 is 2.41 bits per heavy atom. The molecule has 29 heavy (non-hydrogen) atoms. The first-order chi connectivity index (χ1) is 13.6. The van der Waals surface area contributed by atoms with Crippen LogP contribution >= 0.6 is 11.6 Å². The first kappa shape index (κ1) is 21.3. The molecule has 7 heteroatoms. The third kappa shape index (κ3) is 5.55. The van der Waals surface area contributed by atoms with Gasteiger partial charge in [-0.3, -0.25) is 4.79 Å². The number of aromatic nitrogens is 1. The van der Waals surface area contributed by atoms with E-state index in [1.807, 2.05) is 44.2 Å². The second kappa shape index (κ2) is 8.51. The second-order valence-corrected chi connectivity index (χ2v) is 9.69. The quantitative estimate of drug-likeness (QED) is 0.544. The van der Waals surface area contributed by atoms with Gasteiger partial charge in [-0.25, -0.2) is 13.4 Å². The summed E-state index contributed by atoms with van der Waals surface area (Å²) in [6.07, 6.45) is 0.0195. The summed E-state index contributed by atoms with van der Waals surface area (Å²) in [5.74, 6) is -0.473. The Hall–Kier alpha value is -2.44. The molecule has 0 unspecified atom stereocenters. The molecule has 0 amide bonds. The summed E-state index contributed by atoms with van der Waals surface area (Å²) in [6.45, 7) is 5.51. The lowest BCUT2D eigenvalue weighted by atomic mass is 10.1. The van der Waals surface area contributed by atoms with Crippen LogP contribution in [0.1, 0.15) is 28.1 Å². The molecule has 0 saturated heterocycles. The van der Waals surface area contributed by atoms with Crippen molar-refractivity contribution in [2.45, 2.75) is 32.9 Å². The van der Waals surface area contributed by atoms with Gasteiger partial charge in [0.2, 0.25) is 5.89 Å². The van der Waals surface area contributed by atoms with E-state index in [0.717, 1.165) is 16.7 Å². The predicted octanol–water partition coefficient (Wildman–Crippen LogP) is 4.65. The number of hydrogen-bond acceptors (Lipinski definition) is 5. The van der Waals surface area contributed by atoms with Gasteiger partial charge in [0.1, 0.15) is 11.5 Å². The number of sulfone groups is 1. The number of halogens is 1. The Bertz CT molecular complexity index is 1150. The van der Waals surface area contributed by atoms with E-state index in [0.29, 0.717) is 27.9 Å². The van der Waals surface area contributed by atoms with Gasteiger partial charge in [0.15, 0.2) is 15.6 Å². The van der Waals surface area contributed by atoms with Crippen LogP contribution in [0.5, 0.6) is 0 Å². The van der Waals surface area contributed by atoms with Gasteiger partial charge in [-0.1, -0.05) is 41.4 Å². The van der Waals surface area contributed by atoms with Crippen LogP contribution in [0.2, 0.25) is 5.02 Å². The highest BCUT2D eigenvalue weighted by molar-refractivity contribution is 7.91. The molecule has 1 heterocycles. The van der Waals surface area contributed by atoms with E-state index in [2.05, 4.69) is 4.98 Å². The molecule has 0 saturated carbocycles. The summed E-state index contributed by atoms with van der Waals surface area (Å²) >= 11 is 6.07. The largest absolute Gasteiger partial charge is 0.441 e. The molecule has 0 N–H and O–H groups in total. The first-order valence-corrected chi connectivity index (χ1v) is 11.3. The molecule has 0 fully saturated rings. The highest BCUT2D eigenvalue weighted by Gasteiger charge is 2.22. The van der Waals surface area contributed by atoms with Crippen molar-refractivity contribution in [1.29, 1.82) is 0 Å². The van der Waals surface area contributed by atoms with Crippen LogP contribution in [0.15, 0.2) is 46.9 Å². The maximum absolute atomic E-state index is 12.5. The zero-order valence-corrected chi connectivity index (χ0v) is 18.1. The summed E-state index contributed by atoms with van der Waals surface area (Å²) in [5.41, 5.74) is 3.80. The van der Waals surface area contributed by atoms with Crippen LogP contribution in [0.25, 0.3) is 11.5 Å². The molecule has 2 aromatic carbocycles. The maximum atomic E-state index is 12.5. The highest BCUT2D eigenvalue weighted by Crippen LogP contribution is 2.23. The van der Waals surface area contributed by atoms with Crippen molar-refractivity contribution in [2.75, 3.05) is 5.75 Å². The van der Waals surface area contributed by atoms with Crippen molar-refractivity contribution in [1.82, 2.24) is 4.98 Å². The standard InChI is InChI=1S/C22H22ClNO4S/c1-14-4-8-18(9-5-14)22-24-21(16(3)28-22)13-29(26,27)12-19(25)10-17-7-6-15(2)20(23)11-17/h4-9,11H,10,12-13H2,1-3H3. The van der Waals surface area contributed by atoms with Crippen molar-refractivity contribution in [2.24, 2.45) is 0 Å². The smallest absolute Gasteiger partial charge is 0.226 e. The number of ketones is 1. The van der Waals surface area contributed by atoms with E-state index in [-0.39, 0.29) is 18.0 Å². The van der Waals surface area contributed by atoms with E-state index in [1.165, 1.54) is 0 Å². The second-order valence-electron chi connectivity index (χ2n) is 7.22. The molecule has 0 radical (unpaired) electrons. The molecular weight excluding hydrogens is 410 g/mol. The molecule has 3 rings (SSSR count). The molecule has 0 atom stereocenters. The van der Waals surface area contributed by atoms with Gasteiger partial charge < -0.3 is 4.42 Å². The number of carbonyl (C=O) groups is 1. The number of carbonyl (C=O) groups excluding carboxylic acids is 1. The summed E-state index contributed by atoms with van der Waals surface area (Å²) in [6, 6.07) is 12.9. The molecule has 152 valence electrons. The van der Waals surface area contributed by atoms with Crippen LogP contribution in [0.4, 0.5) is 0 Å². The van der Waals surface area contributed by atoms with Crippen molar-refractivity contribution >= 4 is 27.2 Å². The minimum atomic E-state index is -3.68. The normalized spacial score (nSPS) is 11.6. The Morgan fingerprint density at radius 2 is 1.76 bits per heavy atom. The Kier molecular flexibility index (Phi) is 6.24. The van der Waals surface area contributed by atoms with Crippen LogP contribution in [0.3, 0.4) is 0 Å².